The first-order valence-electron chi connectivity index (χ1n) is 5.26. The molecule has 1 heterocycles. The number of carbonyl (C=O) groups excluding carboxylic acids is 1. The molecule has 0 spiro atoms. The number of esters is 1. The number of nitrogens with one attached hydrogen (secondary N) is 1. The van der Waals surface area contributed by atoms with Gasteiger partial charge < -0.3 is 10.1 Å². The Morgan fingerprint density at radius 3 is 2.50 bits per heavy atom. The van der Waals surface area contributed by atoms with Crippen LogP contribution in [0.1, 0.15) is 12.8 Å². The monoisotopic (exact) mass is 225 g/mol. The first kappa shape index (κ1) is 12.6. The molecule has 3 nitrogen and oxygen atoms in total. The van der Waals surface area contributed by atoms with Gasteiger partial charge in [-0.05, 0) is 31.5 Å². The number of ether oxygens (including phenoxy) is 1. The van der Waals surface area contributed by atoms with Crippen molar-refractivity contribution in [2.45, 2.75) is 18.9 Å². The van der Waals surface area contributed by atoms with Crippen molar-refractivity contribution in [3.8, 4) is 0 Å². The SMILES string of the molecule is COC(=O)C1CCCN1.Fc1ccccc1. The highest BCUT2D eigenvalue weighted by Crippen LogP contribution is 2.05. The van der Waals surface area contributed by atoms with Crippen LogP contribution in [-0.4, -0.2) is 25.7 Å². The lowest BCUT2D eigenvalue weighted by atomic mass is 10.2. The average molecular weight is 225 g/mol. The van der Waals surface area contributed by atoms with Crippen molar-refractivity contribution in [1.82, 2.24) is 5.32 Å². The highest BCUT2D eigenvalue weighted by molar-refractivity contribution is 5.75. The number of halogens is 1. The first-order valence-corrected chi connectivity index (χ1v) is 5.26. The molecule has 1 aromatic rings. The molecule has 1 fully saturated rings. The van der Waals surface area contributed by atoms with Gasteiger partial charge in [0.05, 0.1) is 7.11 Å². The van der Waals surface area contributed by atoms with Crippen molar-refractivity contribution < 1.29 is 13.9 Å². The summed E-state index contributed by atoms with van der Waals surface area (Å²) in [6, 6.07) is 7.91. The molecule has 0 aliphatic carbocycles. The number of carbonyl (C=O) groups is 1. The van der Waals surface area contributed by atoms with Crippen LogP contribution in [0.4, 0.5) is 4.39 Å². The summed E-state index contributed by atoms with van der Waals surface area (Å²) in [6.45, 7) is 0.944. The summed E-state index contributed by atoms with van der Waals surface area (Å²) in [7, 11) is 1.42. The second-order valence-corrected chi connectivity index (χ2v) is 3.47. The molecular formula is C12H16FNO2. The minimum atomic E-state index is -0.178. The summed E-state index contributed by atoms with van der Waals surface area (Å²) in [5.41, 5.74) is 0. The summed E-state index contributed by atoms with van der Waals surface area (Å²) < 4.78 is 16.4. The Morgan fingerprint density at radius 2 is 2.12 bits per heavy atom. The van der Waals surface area contributed by atoms with E-state index < -0.39 is 0 Å². The van der Waals surface area contributed by atoms with Crippen LogP contribution in [0.3, 0.4) is 0 Å². The summed E-state index contributed by atoms with van der Waals surface area (Å²) in [5, 5.41) is 3.03. The second-order valence-electron chi connectivity index (χ2n) is 3.47. The fraction of sp³-hybridized carbons (Fsp3) is 0.417. The molecule has 4 heteroatoms. The summed E-state index contributed by atoms with van der Waals surface area (Å²) in [4.78, 5) is 10.7. The van der Waals surface area contributed by atoms with Gasteiger partial charge in [0.25, 0.3) is 0 Å². The molecule has 1 N–H and O–H groups in total. The zero-order chi connectivity index (χ0) is 11.8. The van der Waals surface area contributed by atoms with Crippen LogP contribution in [-0.2, 0) is 9.53 Å². The van der Waals surface area contributed by atoms with E-state index in [9.17, 15) is 9.18 Å². The molecule has 1 aliphatic rings. The zero-order valence-electron chi connectivity index (χ0n) is 9.28. The van der Waals surface area contributed by atoms with Gasteiger partial charge in [0, 0.05) is 0 Å². The molecule has 2 rings (SSSR count). The van der Waals surface area contributed by atoms with Gasteiger partial charge in [-0.15, -0.1) is 0 Å². The molecule has 1 aliphatic heterocycles. The second kappa shape index (κ2) is 6.95. The fourth-order valence-corrected chi connectivity index (χ4v) is 1.44. The van der Waals surface area contributed by atoms with E-state index in [1.165, 1.54) is 19.2 Å². The van der Waals surface area contributed by atoms with Crippen molar-refractivity contribution in [2.24, 2.45) is 0 Å². The van der Waals surface area contributed by atoms with Gasteiger partial charge in [-0.3, -0.25) is 4.79 Å². The first-order chi connectivity index (χ1) is 7.74. The highest BCUT2D eigenvalue weighted by atomic mass is 19.1. The molecular weight excluding hydrogens is 209 g/mol. The molecule has 1 aromatic carbocycles. The summed E-state index contributed by atoms with van der Waals surface area (Å²) in [6.07, 6.45) is 2.01. The van der Waals surface area contributed by atoms with Crippen LogP contribution in [0, 0.1) is 5.82 Å². The Morgan fingerprint density at radius 1 is 1.44 bits per heavy atom. The number of hydrogen-bond donors (Lipinski definition) is 1. The maximum absolute atomic E-state index is 11.9. The van der Waals surface area contributed by atoms with Crippen LogP contribution >= 0.6 is 0 Å². The minimum absolute atomic E-state index is 0.0324. The van der Waals surface area contributed by atoms with E-state index in [2.05, 4.69) is 10.1 Å². The lowest BCUT2D eigenvalue weighted by molar-refractivity contribution is -0.142. The predicted octanol–water partition coefficient (Wildman–Crippen LogP) is 1.74. The van der Waals surface area contributed by atoms with Gasteiger partial charge in [-0.1, -0.05) is 18.2 Å². The summed E-state index contributed by atoms with van der Waals surface area (Å²) in [5.74, 6) is -0.310. The smallest absolute Gasteiger partial charge is 0.322 e. The molecule has 0 saturated carbocycles. The van der Waals surface area contributed by atoms with Crippen LogP contribution < -0.4 is 5.32 Å². The molecule has 16 heavy (non-hydrogen) atoms. The third-order valence-electron chi connectivity index (χ3n) is 2.28. The molecule has 0 amide bonds. The number of hydrogen-bond acceptors (Lipinski definition) is 3. The molecule has 0 bridgehead atoms. The molecule has 1 atom stereocenters. The normalized spacial score (nSPS) is 18.5. The van der Waals surface area contributed by atoms with Gasteiger partial charge >= 0.3 is 5.97 Å². The third-order valence-corrected chi connectivity index (χ3v) is 2.28. The molecule has 0 aromatic heterocycles. The molecule has 1 saturated heterocycles. The number of methoxy groups -OCH3 is 1. The average Bonchev–Trinajstić information content (AvgIpc) is 2.83. The van der Waals surface area contributed by atoms with Crippen molar-refractivity contribution in [3.63, 3.8) is 0 Å². The van der Waals surface area contributed by atoms with E-state index in [4.69, 9.17) is 0 Å². The molecule has 1 unspecified atom stereocenters. The van der Waals surface area contributed by atoms with Gasteiger partial charge in [0.15, 0.2) is 0 Å². The minimum Gasteiger partial charge on any atom is -0.468 e. The lowest BCUT2D eigenvalue weighted by Gasteiger charge is -2.04. The van der Waals surface area contributed by atoms with E-state index in [1.54, 1.807) is 18.2 Å². The van der Waals surface area contributed by atoms with E-state index >= 15 is 0 Å². The Hall–Kier alpha value is -1.42. The summed E-state index contributed by atoms with van der Waals surface area (Å²) >= 11 is 0. The third kappa shape index (κ3) is 4.40. The topological polar surface area (TPSA) is 38.3 Å². The molecule has 88 valence electrons. The fourth-order valence-electron chi connectivity index (χ4n) is 1.44. The lowest BCUT2D eigenvalue weighted by Crippen LogP contribution is -2.31. The largest absolute Gasteiger partial charge is 0.468 e. The number of rotatable bonds is 1. The Balaban J connectivity index is 0.000000165. The Bertz CT molecular complexity index is 310. The Labute approximate surface area is 94.6 Å². The maximum atomic E-state index is 11.9. The van der Waals surface area contributed by atoms with Crippen molar-refractivity contribution >= 4 is 5.97 Å². The molecule has 0 radical (unpaired) electrons. The van der Waals surface area contributed by atoms with Crippen LogP contribution in [0.15, 0.2) is 30.3 Å². The van der Waals surface area contributed by atoms with E-state index in [0.717, 1.165) is 19.4 Å². The van der Waals surface area contributed by atoms with Crippen molar-refractivity contribution in [1.29, 1.82) is 0 Å². The Kier molecular flexibility index (Phi) is 5.50. The quantitative estimate of drug-likeness (QED) is 0.740. The van der Waals surface area contributed by atoms with Crippen LogP contribution in [0.5, 0.6) is 0 Å². The van der Waals surface area contributed by atoms with Crippen molar-refractivity contribution in [2.75, 3.05) is 13.7 Å². The van der Waals surface area contributed by atoms with Gasteiger partial charge in [-0.2, -0.15) is 0 Å². The van der Waals surface area contributed by atoms with E-state index in [-0.39, 0.29) is 17.8 Å². The van der Waals surface area contributed by atoms with Gasteiger partial charge in [0.1, 0.15) is 11.9 Å². The number of benzene rings is 1. The predicted molar refractivity (Wildman–Crippen MR) is 59.4 cm³/mol. The van der Waals surface area contributed by atoms with Gasteiger partial charge in [-0.25, -0.2) is 4.39 Å². The van der Waals surface area contributed by atoms with Crippen LogP contribution in [0.2, 0.25) is 0 Å². The standard InChI is InChI=1S/C6H5F.C6H11NO2/c7-6-4-2-1-3-5-6;1-9-6(8)5-3-2-4-7-5/h1-5H;5,7H,2-4H2,1H3. The van der Waals surface area contributed by atoms with Crippen LogP contribution in [0.25, 0.3) is 0 Å². The highest BCUT2D eigenvalue weighted by Gasteiger charge is 2.21. The zero-order valence-corrected chi connectivity index (χ0v) is 9.28. The van der Waals surface area contributed by atoms with E-state index in [0.29, 0.717) is 0 Å². The van der Waals surface area contributed by atoms with E-state index in [1.807, 2.05) is 0 Å². The van der Waals surface area contributed by atoms with Gasteiger partial charge in [0.2, 0.25) is 0 Å². The maximum Gasteiger partial charge on any atom is 0.322 e. The van der Waals surface area contributed by atoms with Crippen molar-refractivity contribution in [3.05, 3.63) is 36.1 Å².